The van der Waals surface area contributed by atoms with Gasteiger partial charge >= 0.3 is 0 Å². The van der Waals surface area contributed by atoms with Crippen molar-refractivity contribution in [2.24, 2.45) is 0 Å². The molecule has 1 aliphatic carbocycles. The molecule has 1 saturated carbocycles. The fourth-order valence-electron chi connectivity index (χ4n) is 3.61. The number of aliphatic hydroxyl groups excluding tert-OH is 1. The molecule has 24 heavy (non-hydrogen) atoms. The van der Waals surface area contributed by atoms with Crippen LogP contribution in [-0.4, -0.2) is 59.2 Å². The van der Waals surface area contributed by atoms with Gasteiger partial charge in [-0.05, 0) is 43.4 Å². The number of ether oxygens (including phenoxy) is 1. The molecule has 1 heterocycles. The molecule has 1 aromatic carbocycles. The van der Waals surface area contributed by atoms with E-state index in [0.29, 0.717) is 25.7 Å². The van der Waals surface area contributed by atoms with Crippen LogP contribution < -0.4 is 4.74 Å². The van der Waals surface area contributed by atoms with Crippen LogP contribution in [0.25, 0.3) is 0 Å². The fraction of sp³-hybridized carbons (Fsp3) is 0.632. The number of β-amino-alcohol motifs (C(OH)–C–C–N with tert-alkyl or cyclic N) is 1. The Balaban J connectivity index is 1.54. The van der Waals surface area contributed by atoms with Crippen molar-refractivity contribution in [2.45, 2.75) is 51.4 Å². The Labute approximate surface area is 144 Å². The molecule has 2 fully saturated rings. The quantitative estimate of drug-likeness (QED) is 0.917. The van der Waals surface area contributed by atoms with E-state index in [4.69, 9.17) is 4.74 Å². The van der Waals surface area contributed by atoms with Crippen molar-refractivity contribution < 1.29 is 14.6 Å². The third-order valence-corrected chi connectivity index (χ3v) is 4.97. The number of carbonyl (C=O) groups excluding carboxylic acids is 1. The zero-order valence-corrected chi connectivity index (χ0v) is 14.5. The summed E-state index contributed by atoms with van der Waals surface area (Å²) in [5, 5.41) is 10.1. The topological polar surface area (TPSA) is 53.0 Å². The highest BCUT2D eigenvalue weighted by atomic mass is 16.5. The van der Waals surface area contributed by atoms with Gasteiger partial charge in [-0.25, -0.2) is 0 Å². The van der Waals surface area contributed by atoms with Crippen LogP contribution in [-0.2, 0) is 11.3 Å². The molecule has 5 nitrogen and oxygen atoms in total. The summed E-state index contributed by atoms with van der Waals surface area (Å²) in [6, 6.07) is 8.29. The van der Waals surface area contributed by atoms with E-state index in [-0.39, 0.29) is 5.91 Å². The highest BCUT2D eigenvalue weighted by Gasteiger charge is 2.22. The predicted octanol–water partition coefficient (Wildman–Crippen LogP) is 2.03. The Bertz CT molecular complexity index is 540. The first kappa shape index (κ1) is 17.2. The van der Waals surface area contributed by atoms with Gasteiger partial charge < -0.3 is 14.7 Å². The van der Waals surface area contributed by atoms with Crippen molar-refractivity contribution in [2.75, 3.05) is 26.2 Å². The first-order valence-corrected chi connectivity index (χ1v) is 9.01. The number of hydrogen-bond donors (Lipinski definition) is 1. The van der Waals surface area contributed by atoms with E-state index in [1.165, 1.54) is 31.2 Å². The van der Waals surface area contributed by atoms with Crippen LogP contribution in [0.2, 0.25) is 0 Å². The van der Waals surface area contributed by atoms with Crippen molar-refractivity contribution in [1.82, 2.24) is 9.80 Å². The highest BCUT2D eigenvalue weighted by Crippen LogP contribution is 2.24. The maximum Gasteiger partial charge on any atom is 0.219 e. The van der Waals surface area contributed by atoms with Gasteiger partial charge in [-0.15, -0.1) is 0 Å². The van der Waals surface area contributed by atoms with Crippen LogP contribution in [0.3, 0.4) is 0 Å². The zero-order valence-electron chi connectivity index (χ0n) is 14.5. The average molecular weight is 332 g/mol. The largest absolute Gasteiger partial charge is 0.490 e. The maximum atomic E-state index is 11.5. The molecule has 5 heteroatoms. The minimum Gasteiger partial charge on any atom is -0.490 e. The Morgan fingerprint density at radius 3 is 2.54 bits per heavy atom. The monoisotopic (exact) mass is 332 g/mol. The molecule has 0 bridgehead atoms. The van der Waals surface area contributed by atoms with E-state index in [1.54, 1.807) is 11.8 Å². The standard InChI is InChI=1S/C19H28N2O3/c1-15(22)21-11-10-20(13-17(23)14-21)12-16-6-8-19(9-7-16)24-18-4-2-3-5-18/h6-9,17-18,23H,2-5,10-14H2,1H3/t17-/m1/s1. The third kappa shape index (κ3) is 4.71. The lowest BCUT2D eigenvalue weighted by atomic mass is 10.2. The number of amides is 1. The summed E-state index contributed by atoms with van der Waals surface area (Å²) in [5.41, 5.74) is 1.21. The zero-order chi connectivity index (χ0) is 16.9. The van der Waals surface area contributed by atoms with Crippen LogP contribution >= 0.6 is 0 Å². The van der Waals surface area contributed by atoms with Gasteiger partial charge in [0.2, 0.25) is 5.91 Å². The summed E-state index contributed by atoms with van der Waals surface area (Å²) in [6.45, 7) is 4.84. The normalized spacial score (nSPS) is 23.2. The second kappa shape index (κ2) is 7.99. The van der Waals surface area contributed by atoms with E-state index in [9.17, 15) is 9.90 Å². The van der Waals surface area contributed by atoms with E-state index in [2.05, 4.69) is 17.0 Å². The van der Waals surface area contributed by atoms with Gasteiger partial charge in [-0.2, -0.15) is 0 Å². The molecule has 0 unspecified atom stereocenters. The van der Waals surface area contributed by atoms with Crippen LogP contribution in [0.15, 0.2) is 24.3 Å². The summed E-state index contributed by atoms with van der Waals surface area (Å²) in [6.07, 6.45) is 4.78. The molecule has 1 amide bonds. The molecule has 3 rings (SSSR count). The maximum absolute atomic E-state index is 11.5. The summed E-state index contributed by atoms with van der Waals surface area (Å²) < 4.78 is 6.00. The molecule has 1 aromatic rings. The molecular formula is C19H28N2O3. The summed E-state index contributed by atoms with van der Waals surface area (Å²) in [5.74, 6) is 0.980. The van der Waals surface area contributed by atoms with Crippen LogP contribution in [0.5, 0.6) is 5.75 Å². The number of aliphatic hydroxyl groups is 1. The van der Waals surface area contributed by atoms with Crippen molar-refractivity contribution in [3.05, 3.63) is 29.8 Å². The molecule has 0 radical (unpaired) electrons. The fourth-order valence-corrected chi connectivity index (χ4v) is 3.61. The first-order chi connectivity index (χ1) is 11.6. The second-order valence-corrected chi connectivity index (χ2v) is 7.02. The summed E-state index contributed by atoms with van der Waals surface area (Å²) in [7, 11) is 0. The molecule has 1 saturated heterocycles. The van der Waals surface area contributed by atoms with Crippen molar-refractivity contribution in [3.63, 3.8) is 0 Å². The average Bonchev–Trinajstić information content (AvgIpc) is 2.98. The Morgan fingerprint density at radius 1 is 1.17 bits per heavy atom. The predicted molar refractivity (Wildman–Crippen MR) is 92.9 cm³/mol. The lowest BCUT2D eigenvalue weighted by molar-refractivity contribution is -0.129. The van der Waals surface area contributed by atoms with Gasteiger partial charge in [0.05, 0.1) is 12.2 Å². The Hall–Kier alpha value is -1.59. The van der Waals surface area contributed by atoms with E-state index in [1.807, 2.05) is 12.1 Å². The van der Waals surface area contributed by atoms with Crippen LogP contribution in [0.4, 0.5) is 0 Å². The van der Waals surface area contributed by atoms with Gasteiger partial charge in [-0.3, -0.25) is 9.69 Å². The molecule has 1 aliphatic heterocycles. The third-order valence-electron chi connectivity index (χ3n) is 4.97. The number of carbonyl (C=O) groups is 1. The van der Waals surface area contributed by atoms with Gasteiger partial charge in [-0.1, -0.05) is 12.1 Å². The summed E-state index contributed by atoms with van der Waals surface area (Å²) >= 11 is 0. The number of nitrogens with zero attached hydrogens (tertiary/aromatic N) is 2. The summed E-state index contributed by atoms with van der Waals surface area (Å²) in [4.78, 5) is 15.5. The molecule has 0 aromatic heterocycles. The van der Waals surface area contributed by atoms with E-state index in [0.717, 1.165) is 18.8 Å². The van der Waals surface area contributed by atoms with Gasteiger partial charge in [0.1, 0.15) is 5.75 Å². The molecule has 1 N–H and O–H groups in total. The molecular weight excluding hydrogens is 304 g/mol. The van der Waals surface area contributed by atoms with E-state index < -0.39 is 6.10 Å². The Kier molecular flexibility index (Phi) is 5.74. The van der Waals surface area contributed by atoms with Crippen LogP contribution in [0, 0.1) is 0 Å². The molecule has 132 valence electrons. The minimum atomic E-state index is -0.485. The van der Waals surface area contributed by atoms with Crippen molar-refractivity contribution in [3.8, 4) is 5.75 Å². The highest BCUT2D eigenvalue weighted by molar-refractivity contribution is 5.73. The number of rotatable bonds is 4. The van der Waals surface area contributed by atoms with Crippen molar-refractivity contribution in [1.29, 1.82) is 0 Å². The van der Waals surface area contributed by atoms with Crippen molar-refractivity contribution >= 4 is 5.91 Å². The Morgan fingerprint density at radius 2 is 1.88 bits per heavy atom. The van der Waals surface area contributed by atoms with Gasteiger partial charge in [0.15, 0.2) is 0 Å². The molecule has 1 atom stereocenters. The number of hydrogen-bond acceptors (Lipinski definition) is 4. The van der Waals surface area contributed by atoms with Gasteiger partial charge in [0.25, 0.3) is 0 Å². The number of benzene rings is 1. The molecule has 0 spiro atoms. The lowest BCUT2D eigenvalue weighted by Crippen LogP contribution is -2.36. The smallest absolute Gasteiger partial charge is 0.219 e. The van der Waals surface area contributed by atoms with Gasteiger partial charge in [0, 0.05) is 39.6 Å². The second-order valence-electron chi connectivity index (χ2n) is 7.02. The first-order valence-electron chi connectivity index (χ1n) is 9.01. The lowest BCUT2D eigenvalue weighted by Gasteiger charge is -2.21. The minimum absolute atomic E-state index is 0.0318. The van der Waals surface area contributed by atoms with E-state index >= 15 is 0 Å². The molecule has 2 aliphatic rings. The SMILES string of the molecule is CC(=O)N1CCN(Cc2ccc(OC3CCCC3)cc2)C[C@@H](O)C1. The van der Waals surface area contributed by atoms with Crippen LogP contribution in [0.1, 0.15) is 38.2 Å².